The van der Waals surface area contributed by atoms with Crippen molar-refractivity contribution in [3.8, 4) is 0 Å². The van der Waals surface area contributed by atoms with E-state index in [4.69, 9.17) is 37.0 Å². The van der Waals surface area contributed by atoms with Crippen LogP contribution in [0.4, 0.5) is 0 Å². The van der Waals surface area contributed by atoms with Crippen LogP contribution in [0.1, 0.15) is 337 Å². The van der Waals surface area contributed by atoms with Gasteiger partial charge < -0.3 is 33.8 Å². The zero-order valence-electron chi connectivity index (χ0n) is 58.8. The second kappa shape index (κ2) is 62.4. The number of carbonyl (C=O) groups is 4. The summed E-state index contributed by atoms with van der Waals surface area (Å²) in [7, 11) is -9.92. The number of phosphoric acid groups is 2. The number of unbranched alkanes of at least 4 members (excludes halogenated alkanes) is 31. The summed E-state index contributed by atoms with van der Waals surface area (Å²) in [5.74, 6) is 0.0737. The van der Waals surface area contributed by atoms with Crippen molar-refractivity contribution in [3.63, 3.8) is 0 Å². The van der Waals surface area contributed by atoms with Crippen molar-refractivity contribution in [2.75, 3.05) is 39.6 Å². The maximum absolute atomic E-state index is 13.0. The molecule has 0 aromatic rings. The van der Waals surface area contributed by atoms with Crippen LogP contribution in [0.25, 0.3) is 0 Å². The maximum Gasteiger partial charge on any atom is 0.472 e. The highest BCUT2D eigenvalue weighted by atomic mass is 31.2. The van der Waals surface area contributed by atoms with E-state index in [-0.39, 0.29) is 25.7 Å². The molecule has 4 unspecified atom stereocenters. The van der Waals surface area contributed by atoms with Crippen molar-refractivity contribution >= 4 is 39.5 Å². The molecule has 17 nitrogen and oxygen atoms in total. The zero-order valence-corrected chi connectivity index (χ0v) is 60.6. The van der Waals surface area contributed by atoms with Crippen molar-refractivity contribution < 1.29 is 80.2 Å². The van der Waals surface area contributed by atoms with Crippen LogP contribution in [-0.2, 0) is 65.4 Å². The van der Waals surface area contributed by atoms with Gasteiger partial charge in [0.05, 0.1) is 26.4 Å². The van der Waals surface area contributed by atoms with E-state index in [2.05, 4.69) is 72.8 Å². The predicted molar refractivity (Wildman–Crippen MR) is 367 cm³/mol. The number of hydrogen-bond acceptors (Lipinski definition) is 15. The van der Waals surface area contributed by atoms with Crippen LogP contribution in [0.5, 0.6) is 0 Å². The largest absolute Gasteiger partial charge is 0.472 e. The first-order valence-corrected chi connectivity index (χ1v) is 39.7. The molecule has 0 amide bonds. The van der Waals surface area contributed by atoms with Crippen LogP contribution >= 0.6 is 15.6 Å². The molecular weight excluding hydrogens is 1200 g/mol. The third-order valence-electron chi connectivity index (χ3n) is 16.7. The summed E-state index contributed by atoms with van der Waals surface area (Å²) >= 11 is 0. The van der Waals surface area contributed by atoms with E-state index in [0.717, 1.165) is 133 Å². The highest BCUT2D eigenvalue weighted by Gasteiger charge is 2.30. The molecule has 0 heterocycles. The highest BCUT2D eigenvalue weighted by molar-refractivity contribution is 7.47. The summed E-state index contributed by atoms with van der Waals surface area (Å²) in [6.07, 6.45) is 49.5. The predicted octanol–water partition coefficient (Wildman–Crippen LogP) is 20.2. The number of hydrogen-bond donors (Lipinski definition) is 3. The molecule has 0 saturated carbocycles. The minimum Gasteiger partial charge on any atom is -0.462 e. The fourth-order valence-corrected chi connectivity index (χ4v) is 11.9. The minimum atomic E-state index is -4.96. The Balaban J connectivity index is 5.29. The lowest BCUT2D eigenvalue weighted by Crippen LogP contribution is -2.30. The van der Waals surface area contributed by atoms with Gasteiger partial charge in [0, 0.05) is 25.7 Å². The molecule has 91 heavy (non-hydrogen) atoms. The average Bonchev–Trinajstić information content (AvgIpc) is 3.19. The first-order valence-electron chi connectivity index (χ1n) is 36.7. The first kappa shape index (κ1) is 88.5. The van der Waals surface area contributed by atoms with Gasteiger partial charge in [-0.1, -0.05) is 285 Å². The van der Waals surface area contributed by atoms with Gasteiger partial charge >= 0.3 is 39.5 Å². The number of aliphatic hydroxyl groups is 1. The monoisotopic (exact) mass is 1330 g/mol. The SMILES string of the molecule is CCCCCC/C=C\C=C/CCCCCCCC(=O)OC[C@H](COP(=O)(O)OC[C@@H](O)COP(=O)(O)OC[C@@H](COC(=O)CCCCCCCCC(C)CC)OC(=O)CCCCCCCCC(C)CC)OC(=O)CCCCCCCCCCCCCCCC(C)C. The molecule has 0 aliphatic heterocycles. The maximum atomic E-state index is 13.0. The Hall–Kier alpha value is -2.46. The fourth-order valence-electron chi connectivity index (χ4n) is 10.3. The lowest BCUT2D eigenvalue weighted by Gasteiger charge is -2.21. The van der Waals surface area contributed by atoms with E-state index in [1.807, 2.05) is 0 Å². The van der Waals surface area contributed by atoms with Gasteiger partial charge in [-0.25, -0.2) is 9.13 Å². The number of rotatable bonds is 68. The number of aliphatic hydroxyl groups excluding tert-OH is 1. The van der Waals surface area contributed by atoms with E-state index in [1.54, 1.807) is 0 Å². The third kappa shape index (κ3) is 63.4. The molecule has 19 heteroatoms. The molecule has 7 atom stereocenters. The van der Waals surface area contributed by atoms with Crippen molar-refractivity contribution in [2.24, 2.45) is 17.8 Å². The molecule has 3 N–H and O–H groups in total. The standard InChI is InChI=1S/C72H136O17P2/c1-8-11-12-13-14-15-16-17-18-21-24-27-30-39-46-53-69(74)82-59-67(88-71(76)55-48-41-31-28-25-22-19-20-23-26-29-36-43-50-63(4)5)61-86-90(78,79)84-57-66(73)58-85-91(80,81)87-62-68(89-72(77)56-49-42-35-33-38-45-52-65(7)10-3)60-83-70(75)54-47-40-34-32-37-44-51-64(6)9-2/h15-18,63-68,73H,8-14,19-62H2,1-7H3,(H,78,79)(H,80,81)/b16-15-,18-17-/t64?,65?,66-,67-,68-/m1/s1. The van der Waals surface area contributed by atoms with Gasteiger partial charge in [-0.15, -0.1) is 0 Å². The molecule has 536 valence electrons. The van der Waals surface area contributed by atoms with Gasteiger partial charge in [0.15, 0.2) is 12.2 Å². The van der Waals surface area contributed by atoms with Crippen molar-refractivity contribution in [1.82, 2.24) is 0 Å². The number of carbonyl (C=O) groups excluding carboxylic acids is 4. The van der Waals surface area contributed by atoms with E-state index in [0.29, 0.717) is 25.7 Å². The second-order valence-corrected chi connectivity index (χ2v) is 29.2. The highest BCUT2D eigenvalue weighted by Crippen LogP contribution is 2.45. The number of ether oxygens (including phenoxy) is 4. The number of phosphoric ester groups is 2. The molecule has 0 aromatic carbocycles. The van der Waals surface area contributed by atoms with E-state index >= 15 is 0 Å². The number of allylic oxidation sites excluding steroid dienone is 4. The topological polar surface area (TPSA) is 237 Å². The average molecular weight is 1340 g/mol. The van der Waals surface area contributed by atoms with Gasteiger partial charge in [0.1, 0.15) is 19.3 Å². The molecule has 0 aromatic heterocycles. The number of esters is 4. The molecule has 0 spiro atoms. The molecule has 0 aliphatic carbocycles. The molecule has 0 aliphatic rings. The molecule has 0 saturated heterocycles. The summed E-state index contributed by atoms with van der Waals surface area (Å²) in [6, 6.07) is 0. The van der Waals surface area contributed by atoms with E-state index in [9.17, 15) is 43.2 Å². The van der Waals surface area contributed by atoms with Crippen LogP contribution in [0, 0.1) is 17.8 Å². The van der Waals surface area contributed by atoms with Crippen LogP contribution in [0.3, 0.4) is 0 Å². The zero-order chi connectivity index (χ0) is 67.3. The van der Waals surface area contributed by atoms with Crippen LogP contribution in [0.2, 0.25) is 0 Å². The van der Waals surface area contributed by atoms with Crippen molar-refractivity contribution in [3.05, 3.63) is 24.3 Å². The Bertz CT molecular complexity index is 1880. The Morgan fingerprint density at radius 2 is 0.648 bits per heavy atom. The molecule has 0 fully saturated rings. The third-order valence-corrected chi connectivity index (χ3v) is 18.6. The van der Waals surface area contributed by atoms with Gasteiger partial charge in [0.2, 0.25) is 0 Å². The first-order chi connectivity index (χ1) is 43.8. The Kier molecular flexibility index (Phi) is 60.7. The van der Waals surface area contributed by atoms with Gasteiger partial charge in [-0.05, 0) is 69.1 Å². The molecule has 0 radical (unpaired) electrons. The second-order valence-electron chi connectivity index (χ2n) is 26.3. The minimum absolute atomic E-state index is 0.0995. The van der Waals surface area contributed by atoms with E-state index in [1.165, 1.54) is 122 Å². The Morgan fingerprint density at radius 1 is 0.363 bits per heavy atom. The van der Waals surface area contributed by atoms with Crippen LogP contribution in [0.15, 0.2) is 24.3 Å². The molecule has 0 bridgehead atoms. The quantitative estimate of drug-likeness (QED) is 0.0169. The van der Waals surface area contributed by atoms with Crippen LogP contribution < -0.4 is 0 Å². The fraction of sp³-hybridized carbons (Fsp3) is 0.889. The molecular formula is C72H136O17P2. The van der Waals surface area contributed by atoms with Crippen LogP contribution in [-0.4, -0.2) is 96.7 Å². The van der Waals surface area contributed by atoms with E-state index < -0.39 is 97.5 Å². The normalized spacial score (nSPS) is 14.9. The van der Waals surface area contributed by atoms with Crippen molar-refractivity contribution in [1.29, 1.82) is 0 Å². The summed E-state index contributed by atoms with van der Waals surface area (Å²) in [5.41, 5.74) is 0. The summed E-state index contributed by atoms with van der Waals surface area (Å²) in [6.45, 7) is 11.7. The Morgan fingerprint density at radius 3 is 0.978 bits per heavy atom. The summed E-state index contributed by atoms with van der Waals surface area (Å²) in [4.78, 5) is 72.6. The lowest BCUT2D eigenvalue weighted by molar-refractivity contribution is -0.161. The van der Waals surface area contributed by atoms with Gasteiger partial charge in [-0.3, -0.25) is 37.3 Å². The van der Waals surface area contributed by atoms with Gasteiger partial charge in [-0.2, -0.15) is 0 Å². The smallest absolute Gasteiger partial charge is 0.462 e. The van der Waals surface area contributed by atoms with Crippen molar-refractivity contribution in [2.45, 2.75) is 356 Å². The van der Waals surface area contributed by atoms with Gasteiger partial charge in [0.25, 0.3) is 0 Å². The summed E-state index contributed by atoms with van der Waals surface area (Å²) in [5, 5.41) is 10.6. The molecule has 0 rings (SSSR count). The summed E-state index contributed by atoms with van der Waals surface area (Å²) < 4.78 is 68.3. The lowest BCUT2D eigenvalue weighted by atomic mass is 10.00. The Labute approximate surface area is 554 Å².